The number of rotatable bonds is 8. The Morgan fingerprint density at radius 3 is 2.32 bits per heavy atom. The molecule has 4 rings (SSSR count). The van der Waals surface area contributed by atoms with Crippen molar-refractivity contribution >= 4 is 29.9 Å². The van der Waals surface area contributed by atoms with Gasteiger partial charge < -0.3 is 5.11 Å². The van der Waals surface area contributed by atoms with E-state index in [1.54, 1.807) is 18.2 Å². The SMILES string of the molecule is CC(C)(C)c1ccc(-c2nnc(SCC(=O)N/N=C/c3ccccc3C(=O)O)n2-c2ccccc2)cc1. The normalized spacial score (nSPS) is 11.5. The van der Waals surface area contributed by atoms with Crippen LogP contribution in [0, 0.1) is 0 Å². The molecule has 0 saturated heterocycles. The van der Waals surface area contributed by atoms with Crippen LogP contribution in [0.3, 0.4) is 0 Å². The molecule has 0 saturated carbocycles. The fourth-order valence-electron chi connectivity index (χ4n) is 3.62. The lowest BCUT2D eigenvalue weighted by Crippen LogP contribution is -2.20. The van der Waals surface area contributed by atoms with Crippen LogP contribution in [0.1, 0.15) is 42.3 Å². The summed E-state index contributed by atoms with van der Waals surface area (Å²) in [5, 5.41) is 22.5. The Morgan fingerprint density at radius 2 is 1.65 bits per heavy atom. The molecule has 37 heavy (non-hydrogen) atoms. The quantitative estimate of drug-likeness (QED) is 0.191. The second kappa shape index (κ2) is 11.2. The van der Waals surface area contributed by atoms with Gasteiger partial charge in [-0.25, -0.2) is 10.2 Å². The van der Waals surface area contributed by atoms with Crippen LogP contribution in [0.25, 0.3) is 17.1 Å². The fourth-order valence-corrected chi connectivity index (χ4v) is 4.36. The number of hydrogen-bond donors (Lipinski definition) is 2. The first kappa shape index (κ1) is 25.8. The molecule has 0 bridgehead atoms. The number of aromatic nitrogens is 3. The Kier molecular flexibility index (Phi) is 7.83. The van der Waals surface area contributed by atoms with Crippen molar-refractivity contribution in [2.45, 2.75) is 31.3 Å². The van der Waals surface area contributed by atoms with Crippen LogP contribution in [0.2, 0.25) is 0 Å². The number of carboxylic acid groups (broad SMARTS) is 1. The lowest BCUT2D eigenvalue weighted by atomic mass is 9.87. The number of benzene rings is 3. The topological polar surface area (TPSA) is 109 Å². The zero-order chi connectivity index (χ0) is 26.4. The molecule has 1 heterocycles. The van der Waals surface area contributed by atoms with E-state index in [0.717, 1.165) is 11.3 Å². The third-order valence-corrected chi connectivity index (χ3v) is 6.50. The molecular formula is C28H27N5O3S. The number of carbonyl (C=O) groups excluding carboxylic acids is 1. The third kappa shape index (κ3) is 6.31. The number of amides is 1. The molecule has 8 nitrogen and oxygen atoms in total. The van der Waals surface area contributed by atoms with Crippen molar-refractivity contribution in [1.29, 1.82) is 0 Å². The van der Waals surface area contributed by atoms with Crippen molar-refractivity contribution in [2.24, 2.45) is 5.10 Å². The molecule has 0 unspecified atom stereocenters. The van der Waals surface area contributed by atoms with Gasteiger partial charge in [-0.3, -0.25) is 9.36 Å². The third-order valence-electron chi connectivity index (χ3n) is 5.57. The summed E-state index contributed by atoms with van der Waals surface area (Å²) in [7, 11) is 0. The van der Waals surface area contributed by atoms with Gasteiger partial charge in [-0.15, -0.1) is 10.2 Å². The van der Waals surface area contributed by atoms with E-state index in [2.05, 4.69) is 53.6 Å². The summed E-state index contributed by atoms with van der Waals surface area (Å²) >= 11 is 1.24. The van der Waals surface area contributed by atoms with E-state index in [9.17, 15) is 14.7 Å². The minimum Gasteiger partial charge on any atom is -0.478 e. The highest BCUT2D eigenvalue weighted by molar-refractivity contribution is 7.99. The van der Waals surface area contributed by atoms with Gasteiger partial charge in [-0.2, -0.15) is 5.10 Å². The van der Waals surface area contributed by atoms with E-state index >= 15 is 0 Å². The summed E-state index contributed by atoms with van der Waals surface area (Å²) in [5.74, 6) is -0.690. The lowest BCUT2D eigenvalue weighted by molar-refractivity contribution is -0.118. The van der Waals surface area contributed by atoms with Crippen LogP contribution in [0.5, 0.6) is 0 Å². The Labute approximate surface area is 219 Å². The molecule has 0 aliphatic carbocycles. The first-order valence-electron chi connectivity index (χ1n) is 11.6. The zero-order valence-electron chi connectivity index (χ0n) is 20.8. The van der Waals surface area contributed by atoms with Crippen LogP contribution < -0.4 is 5.43 Å². The molecule has 1 amide bonds. The minimum absolute atomic E-state index is 0.0399. The predicted octanol–water partition coefficient (Wildman–Crippen LogP) is 5.17. The second-order valence-electron chi connectivity index (χ2n) is 9.28. The summed E-state index contributed by atoms with van der Waals surface area (Å²) in [6.45, 7) is 6.51. The molecule has 0 radical (unpaired) electrons. The molecule has 0 fully saturated rings. The predicted molar refractivity (Wildman–Crippen MR) is 145 cm³/mol. The van der Waals surface area contributed by atoms with E-state index < -0.39 is 5.97 Å². The summed E-state index contributed by atoms with van der Waals surface area (Å²) in [4.78, 5) is 23.8. The number of nitrogens with one attached hydrogen (secondary N) is 1. The number of para-hydroxylation sites is 1. The van der Waals surface area contributed by atoms with Crippen molar-refractivity contribution in [3.8, 4) is 17.1 Å². The average Bonchev–Trinajstić information content (AvgIpc) is 3.32. The number of carbonyl (C=O) groups is 2. The lowest BCUT2D eigenvalue weighted by Gasteiger charge is -2.19. The van der Waals surface area contributed by atoms with Crippen molar-refractivity contribution in [2.75, 3.05) is 5.75 Å². The molecule has 4 aromatic rings. The Morgan fingerprint density at radius 1 is 0.973 bits per heavy atom. The molecule has 0 spiro atoms. The number of hydrazone groups is 1. The van der Waals surface area contributed by atoms with Crippen LogP contribution in [-0.2, 0) is 10.2 Å². The molecular weight excluding hydrogens is 486 g/mol. The van der Waals surface area contributed by atoms with Gasteiger partial charge in [0.1, 0.15) is 0 Å². The smallest absolute Gasteiger partial charge is 0.336 e. The van der Waals surface area contributed by atoms with Gasteiger partial charge >= 0.3 is 5.97 Å². The van der Waals surface area contributed by atoms with Crippen molar-refractivity contribution < 1.29 is 14.7 Å². The van der Waals surface area contributed by atoms with Gasteiger partial charge in [0, 0.05) is 16.8 Å². The monoisotopic (exact) mass is 513 g/mol. The van der Waals surface area contributed by atoms with Gasteiger partial charge in [0.2, 0.25) is 0 Å². The summed E-state index contributed by atoms with van der Waals surface area (Å²) in [6.07, 6.45) is 1.32. The highest BCUT2D eigenvalue weighted by Crippen LogP contribution is 2.30. The number of nitrogens with zero attached hydrogens (tertiary/aromatic N) is 4. The van der Waals surface area contributed by atoms with E-state index in [1.807, 2.05) is 47.0 Å². The van der Waals surface area contributed by atoms with Gasteiger partial charge in [0.15, 0.2) is 11.0 Å². The number of thioether (sulfide) groups is 1. The number of aromatic carboxylic acids is 1. The molecule has 1 aromatic heterocycles. The first-order valence-corrected chi connectivity index (χ1v) is 12.6. The van der Waals surface area contributed by atoms with Crippen LogP contribution in [0.4, 0.5) is 0 Å². The molecule has 3 aromatic carbocycles. The van der Waals surface area contributed by atoms with E-state index in [-0.39, 0.29) is 22.6 Å². The molecule has 2 N–H and O–H groups in total. The van der Waals surface area contributed by atoms with Crippen LogP contribution in [0.15, 0.2) is 89.1 Å². The molecule has 188 valence electrons. The maximum atomic E-state index is 12.5. The fraction of sp³-hybridized carbons (Fsp3) is 0.179. The van der Waals surface area contributed by atoms with Gasteiger partial charge in [0.05, 0.1) is 17.5 Å². The van der Waals surface area contributed by atoms with Crippen molar-refractivity contribution in [3.63, 3.8) is 0 Å². The summed E-state index contributed by atoms with van der Waals surface area (Å²) in [6, 6.07) is 24.4. The Hall–Kier alpha value is -4.24. The maximum Gasteiger partial charge on any atom is 0.336 e. The first-order chi connectivity index (χ1) is 17.7. The van der Waals surface area contributed by atoms with Gasteiger partial charge in [0.25, 0.3) is 5.91 Å². The summed E-state index contributed by atoms with van der Waals surface area (Å²) in [5.41, 5.74) is 6.01. The largest absolute Gasteiger partial charge is 0.478 e. The molecule has 9 heteroatoms. The van der Waals surface area contributed by atoms with Crippen molar-refractivity contribution in [1.82, 2.24) is 20.2 Å². The van der Waals surface area contributed by atoms with E-state index in [0.29, 0.717) is 16.5 Å². The molecule has 0 aliphatic heterocycles. The standard InChI is InChI=1S/C28H27N5O3S/c1-28(2,3)21-15-13-19(14-16-21)25-31-32-27(33(25)22-10-5-4-6-11-22)37-18-24(34)30-29-17-20-9-7-8-12-23(20)26(35)36/h4-17H,18H2,1-3H3,(H,30,34)(H,35,36)/b29-17+. The Bertz CT molecular complexity index is 1420. The highest BCUT2D eigenvalue weighted by Gasteiger charge is 2.19. The summed E-state index contributed by atoms with van der Waals surface area (Å²) < 4.78 is 1.93. The average molecular weight is 514 g/mol. The van der Waals surface area contributed by atoms with E-state index in [1.165, 1.54) is 29.6 Å². The highest BCUT2D eigenvalue weighted by atomic mass is 32.2. The minimum atomic E-state index is -1.06. The maximum absolute atomic E-state index is 12.5. The van der Waals surface area contributed by atoms with Crippen LogP contribution in [-0.4, -0.2) is 43.7 Å². The molecule has 0 atom stereocenters. The van der Waals surface area contributed by atoms with Gasteiger partial charge in [-0.1, -0.05) is 93.2 Å². The van der Waals surface area contributed by atoms with Crippen LogP contribution >= 0.6 is 11.8 Å². The van der Waals surface area contributed by atoms with E-state index in [4.69, 9.17) is 0 Å². The van der Waals surface area contributed by atoms with Crippen molar-refractivity contribution in [3.05, 3.63) is 95.6 Å². The zero-order valence-corrected chi connectivity index (χ0v) is 21.6. The number of hydrogen-bond acceptors (Lipinski definition) is 6. The van der Waals surface area contributed by atoms with Gasteiger partial charge in [-0.05, 0) is 29.2 Å². The second-order valence-corrected chi connectivity index (χ2v) is 10.2. The molecule has 0 aliphatic rings. The Balaban J connectivity index is 1.51. The number of carboxylic acids is 1.